The summed E-state index contributed by atoms with van der Waals surface area (Å²) in [6, 6.07) is 7.31. The number of aliphatic imine (C=N–C) groups is 1. The summed E-state index contributed by atoms with van der Waals surface area (Å²) in [5.74, 6) is 0. The van der Waals surface area contributed by atoms with Crippen molar-refractivity contribution in [3.63, 3.8) is 0 Å². The van der Waals surface area contributed by atoms with Gasteiger partial charge < -0.3 is 9.80 Å². The maximum Gasteiger partial charge on any atom is 0.0430 e. The molecule has 18 heavy (non-hydrogen) atoms. The van der Waals surface area contributed by atoms with E-state index >= 15 is 0 Å². The van der Waals surface area contributed by atoms with Crippen LogP contribution in [-0.4, -0.2) is 50.9 Å². The quantitative estimate of drug-likeness (QED) is 0.789. The van der Waals surface area contributed by atoms with Gasteiger partial charge >= 0.3 is 0 Å². The lowest BCUT2D eigenvalue weighted by atomic mass is 10.0. The molecule has 3 nitrogen and oxygen atoms in total. The fourth-order valence-electron chi connectivity index (χ4n) is 3.00. The Bertz CT molecular complexity index is 465. The topological polar surface area (TPSA) is 18.8 Å². The monoisotopic (exact) mass is 243 g/mol. The molecule has 3 rings (SSSR count). The van der Waals surface area contributed by atoms with E-state index in [1.807, 2.05) is 6.21 Å². The minimum atomic E-state index is 0.693. The predicted octanol–water partition coefficient (Wildman–Crippen LogP) is 1.80. The molecule has 0 radical (unpaired) electrons. The lowest BCUT2D eigenvalue weighted by molar-refractivity contribution is 0.315. The summed E-state index contributed by atoms with van der Waals surface area (Å²) in [6.07, 6.45) is 4.39. The molecule has 0 spiro atoms. The summed E-state index contributed by atoms with van der Waals surface area (Å²) in [5, 5.41) is 0. The van der Waals surface area contributed by atoms with Crippen LogP contribution in [0.5, 0.6) is 0 Å². The lowest BCUT2D eigenvalue weighted by Gasteiger charge is -2.25. The molecule has 3 heteroatoms. The SMILES string of the molecule is CN(C)[C@H]1CCN(c2cccc3c2CCN=C3)C1. The van der Waals surface area contributed by atoms with Crippen LogP contribution in [0, 0.1) is 0 Å². The average molecular weight is 243 g/mol. The Labute approximate surface area is 109 Å². The number of nitrogens with zero attached hydrogens (tertiary/aromatic N) is 3. The number of benzene rings is 1. The Balaban J connectivity index is 1.87. The van der Waals surface area contributed by atoms with E-state index in [0.717, 1.165) is 19.5 Å². The van der Waals surface area contributed by atoms with Crippen LogP contribution in [0.4, 0.5) is 5.69 Å². The molecular weight excluding hydrogens is 222 g/mol. The smallest absolute Gasteiger partial charge is 0.0430 e. The molecule has 0 unspecified atom stereocenters. The highest BCUT2D eigenvalue weighted by molar-refractivity contribution is 5.86. The number of likely N-dealkylation sites (N-methyl/N-ethyl adjacent to an activating group) is 1. The molecule has 1 aromatic rings. The van der Waals surface area contributed by atoms with E-state index in [-0.39, 0.29) is 0 Å². The molecule has 1 atom stereocenters. The van der Waals surface area contributed by atoms with Crippen LogP contribution in [0.25, 0.3) is 0 Å². The van der Waals surface area contributed by atoms with Gasteiger partial charge in [0.25, 0.3) is 0 Å². The molecule has 0 aromatic heterocycles. The molecule has 0 amide bonds. The van der Waals surface area contributed by atoms with Crippen LogP contribution in [0.2, 0.25) is 0 Å². The first-order chi connectivity index (χ1) is 8.75. The number of rotatable bonds is 2. The average Bonchev–Trinajstić information content (AvgIpc) is 2.87. The van der Waals surface area contributed by atoms with Gasteiger partial charge in [-0.1, -0.05) is 12.1 Å². The highest BCUT2D eigenvalue weighted by atomic mass is 15.2. The Kier molecular flexibility index (Phi) is 3.08. The van der Waals surface area contributed by atoms with E-state index in [0.29, 0.717) is 6.04 Å². The molecule has 96 valence electrons. The van der Waals surface area contributed by atoms with Gasteiger partial charge in [-0.15, -0.1) is 0 Å². The normalized spacial score (nSPS) is 22.6. The Morgan fingerprint density at radius 1 is 1.33 bits per heavy atom. The number of fused-ring (bicyclic) bond motifs is 1. The minimum absolute atomic E-state index is 0.693. The summed E-state index contributed by atoms with van der Waals surface area (Å²) in [7, 11) is 4.36. The molecule has 0 aliphatic carbocycles. The lowest BCUT2D eigenvalue weighted by Crippen LogP contribution is -2.32. The summed E-state index contributed by atoms with van der Waals surface area (Å²) in [4.78, 5) is 9.27. The van der Waals surface area contributed by atoms with Crippen molar-refractivity contribution in [1.29, 1.82) is 0 Å². The third-order valence-corrected chi connectivity index (χ3v) is 4.14. The number of hydrogen-bond donors (Lipinski definition) is 0. The van der Waals surface area contributed by atoms with Crippen LogP contribution in [-0.2, 0) is 6.42 Å². The van der Waals surface area contributed by atoms with E-state index < -0.39 is 0 Å². The van der Waals surface area contributed by atoms with Crippen LogP contribution in [0.1, 0.15) is 17.5 Å². The van der Waals surface area contributed by atoms with Crippen molar-refractivity contribution < 1.29 is 0 Å². The first kappa shape index (κ1) is 11.7. The third-order valence-electron chi connectivity index (χ3n) is 4.14. The highest BCUT2D eigenvalue weighted by Gasteiger charge is 2.26. The molecule has 2 aliphatic heterocycles. The van der Waals surface area contributed by atoms with Gasteiger partial charge in [-0.2, -0.15) is 0 Å². The summed E-state index contributed by atoms with van der Waals surface area (Å²) in [5.41, 5.74) is 4.24. The van der Waals surface area contributed by atoms with Crippen LogP contribution in [0.3, 0.4) is 0 Å². The van der Waals surface area contributed by atoms with Crippen molar-refractivity contribution in [3.8, 4) is 0 Å². The second kappa shape index (κ2) is 4.73. The first-order valence-corrected chi connectivity index (χ1v) is 6.79. The second-order valence-electron chi connectivity index (χ2n) is 5.48. The molecule has 1 fully saturated rings. The van der Waals surface area contributed by atoms with E-state index in [2.05, 4.69) is 47.1 Å². The predicted molar refractivity (Wildman–Crippen MR) is 76.9 cm³/mol. The maximum atomic E-state index is 4.38. The van der Waals surface area contributed by atoms with Gasteiger partial charge in [0.05, 0.1) is 0 Å². The fourth-order valence-corrected chi connectivity index (χ4v) is 3.00. The largest absolute Gasteiger partial charge is 0.370 e. The molecule has 2 aliphatic rings. The summed E-state index contributed by atoms with van der Waals surface area (Å²) in [6.45, 7) is 3.27. The molecular formula is C15H21N3. The van der Waals surface area contributed by atoms with Gasteiger partial charge in [-0.25, -0.2) is 0 Å². The minimum Gasteiger partial charge on any atom is -0.370 e. The number of anilines is 1. The van der Waals surface area contributed by atoms with Crippen LogP contribution < -0.4 is 4.90 Å². The van der Waals surface area contributed by atoms with Crippen molar-refractivity contribution in [2.75, 3.05) is 38.6 Å². The Morgan fingerprint density at radius 3 is 3.00 bits per heavy atom. The zero-order valence-corrected chi connectivity index (χ0v) is 11.3. The van der Waals surface area contributed by atoms with E-state index in [1.54, 1.807) is 0 Å². The van der Waals surface area contributed by atoms with E-state index in [4.69, 9.17) is 0 Å². The first-order valence-electron chi connectivity index (χ1n) is 6.79. The molecule has 1 saturated heterocycles. The summed E-state index contributed by atoms with van der Waals surface area (Å²) >= 11 is 0. The van der Waals surface area contributed by atoms with E-state index in [1.165, 1.54) is 29.8 Å². The van der Waals surface area contributed by atoms with Gasteiger partial charge in [0.2, 0.25) is 0 Å². The second-order valence-corrected chi connectivity index (χ2v) is 5.48. The van der Waals surface area contributed by atoms with E-state index in [9.17, 15) is 0 Å². The van der Waals surface area contributed by atoms with Gasteiger partial charge in [0.15, 0.2) is 0 Å². The van der Waals surface area contributed by atoms with Crippen LogP contribution >= 0.6 is 0 Å². The highest BCUT2D eigenvalue weighted by Crippen LogP contribution is 2.29. The maximum absolute atomic E-state index is 4.38. The zero-order chi connectivity index (χ0) is 12.5. The van der Waals surface area contributed by atoms with Crippen molar-refractivity contribution in [3.05, 3.63) is 29.3 Å². The third kappa shape index (κ3) is 2.03. The molecule has 0 bridgehead atoms. The number of hydrogen-bond acceptors (Lipinski definition) is 3. The van der Waals surface area contributed by atoms with Gasteiger partial charge in [-0.05, 0) is 44.1 Å². The van der Waals surface area contributed by atoms with Gasteiger partial charge in [0, 0.05) is 37.6 Å². The van der Waals surface area contributed by atoms with Crippen LogP contribution in [0.15, 0.2) is 23.2 Å². The van der Waals surface area contributed by atoms with Gasteiger partial charge in [-0.3, -0.25) is 4.99 Å². The molecule has 0 saturated carbocycles. The van der Waals surface area contributed by atoms with Gasteiger partial charge in [0.1, 0.15) is 0 Å². The standard InChI is InChI=1S/C15H21N3/c1-17(2)13-7-9-18(11-13)15-5-3-4-12-10-16-8-6-14(12)15/h3-5,10,13H,6-9,11H2,1-2H3/t13-/m0/s1. The van der Waals surface area contributed by atoms with Crippen molar-refractivity contribution in [2.24, 2.45) is 4.99 Å². The van der Waals surface area contributed by atoms with Crippen molar-refractivity contribution in [2.45, 2.75) is 18.9 Å². The molecule has 1 aromatic carbocycles. The molecule has 2 heterocycles. The fraction of sp³-hybridized carbons (Fsp3) is 0.533. The summed E-state index contributed by atoms with van der Waals surface area (Å²) < 4.78 is 0. The van der Waals surface area contributed by atoms with Crippen molar-refractivity contribution >= 4 is 11.9 Å². The Morgan fingerprint density at radius 2 is 2.22 bits per heavy atom. The Hall–Kier alpha value is -1.35. The van der Waals surface area contributed by atoms with Crippen molar-refractivity contribution in [1.82, 2.24) is 4.90 Å². The molecule has 0 N–H and O–H groups in total. The zero-order valence-electron chi connectivity index (χ0n) is 11.3.